The first kappa shape index (κ1) is 18.9. The molecule has 0 bridgehead atoms. The number of hydrogen-bond donors (Lipinski definition) is 4. The van der Waals surface area contributed by atoms with Crippen molar-refractivity contribution in [3.63, 3.8) is 0 Å². The number of rotatable bonds is 12. The molecule has 8 heteroatoms. The molecule has 128 valence electrons. The van der Waals surface area contributed by atoms with E-state index in [2.05, 4.69) is 0 Å². The molecule has 0 saturated carbocycles. The van der Waals surface area contributed by atoms with Crippen molar-refractivity contribution in [2.24, 2.45) is 11.5 Å². The van der Waals surface area contributed by atoms with Crippen molar-refractivity contribution < 1.29 is 29.8 Å². The van der Waals surface area contributed by atoms with Crippen LogP contribution >= 0.6 is 0 Å². The second-order valence-corrected chi connectivity index (χ2v) is 4.72. The van der Waals surface area contributed by atoms with Gasteiger partial charge in [0.2, 0.25) is 0 Å². The number of amidine groups is 2. The normalized spacial score (nSPS) is 10.5. The number of methoxy groups -OCH3 is 1. The molecule has 0 radical (unpaired) electrons. The van der Waals surface area contributed by atoms with Crippen LogP contribution in [0, 0.1) is 0 Å². The van der Waals surface area contributed by atoms with Gasteiger partial charge in [-0.3, -0.25) is 22.3 Å². The van der Waals surface area contributed by atoms with Crippen LogP contribution in [0.15, 0.2) is 18.2 Å². The first-order chi connectivity index (χ1) is 11.0. The van der Waals surface area contributed by atoms with E-state index in [0.717, 1.165) is 0 Å². The van der Waals surface area contributed by atoms with E-state index in [9.17, 15) is 0 Å². The second kappa shape index (κ2) is 10.5. The van der Waals surface area contributed by atoms with E-state index in [4.69, 9.17) is 41.2 Å². The Labute approximate surface area is 135 Å². The van der Waals surface area contributed by atoms with Crippen molar-refractivity contribution in [1.82, 2.24) is 0 Å². The Hall–Kier alpha value is -2.16. The highest BCUT2D eigenvalue weighted by Crippen LogP contribution is 2.16. The standard InChI is InChI=1S/C15H24N4O4/c1-20-2-3-21-4-5-22-6-7-23-13-9-11(14(16)17)8-12(10-13)15(18)19/h8-10H,2-7H2,1H3,(H3,16,17)(H3,18,19)/p+2. The van der Waals surface area contributed by atoms with E-state index < -0.39 is 0 Å². The number of ether oxygens (including phenoxy) is 4. The second-order valence-electron chi connectivity index (χ2n) is 4.72. The maximum Gasteiger partial charge on any atom is 0.270 e. The Morgan fingerprint density at radius 2 is 1.30 bits per heavy atom. The van der Waals surface area contributed by atoms with Gasteiger partial charge in [-0.25, -0.2) is 0 Å². The van der Waals surface area contributed by atoms with Crippen LogP contribution in [0.3, 0.4) is 0 Å². The minimum absolute atomic E-state index is 0.169. The summed E-state index contributed by atoms with van der Waals surface area (Å²) in [6, 6.07) is 5.14. The van der Waals surface area contributed by atoms with Crippen LogP contribution in [0.5, 0.6) is 5.75 Å². The van der Waals surface area contributed by atoms with E-state index in [0.29, 0.717) is 56.5 Å². The Bertz CT molecular complexity index is 490. The van der Waals surface area contributed by atoms with Crippen LogP contribution in [0.4, 0.5) is 0 Å². The van der Waals surface area contributed by atoms with Crippen LogP contribution in [-0.2, 0) is 14.2 Å². The number of hydrogen-bond acceptors (Lipinski definition) is 4. The summed E-state index contributed by atoms with van der Waals surface area (Å²) >= 11 is 0. The molecule has 8 N–H and O–H groups in total. The van der Waals surface area contributed by atoms with Crippen molar-refractivity contribution in [2.75, 3.05) is 46.8 Å². The van der Waals surface area contributed by atoms with Gasteiger partial charge in [0.05, 0.1) is 44.2 Å². The maximum absolute atomic E-state index is 5.60. The van der Waals surface area contributed by atoms with Crippen LogP contribution in [0.2, 0.25) is 0 Å². The van der Waals surface area contributed by atoms with Gasteiger partial charge < -0.3 is 18.9 Å². The van der Waals surface area contributed by atoms with E-state index in [-0.39, 0.29) is 11.7 Å². The molecule has 0 aliphatic carbocycles. The van der Waals surface area contributed by atoms with Crippen LogP contribution in [0.1, 0.15) is 11.1 Å². The van der Waals surface area contributed by atoms with Gasteiger partial charge in [0, 0.05) is 7.11 Å². The van der Waals surface area contributed by atoms with Crippen molar-refractivity contribution in [3.8, 4) is 5.75 Å². The smallest absolute Gasteiger partial charge is 0.270 e. The summed E-state index contributed by atoms with van der Waals surface area (Å²) in [6.45, 7) is 2.93. The molecule has 1 rings (SSSR count). The fourth-order valence-electron chi connectivity index (χ4n) is 1.70. The summed E-state index contributed by atoms with van der Waals surface area (Å²) in [7, 11) is 1.63. The number of benzene rings is 1. The lowest BCUT2D eigenvalue weighted by Gasteiger charge is -2.09. The minimum Gasteiger partial charge on any atom is -0.491 e. The van der Waals surface area contributed by atoms with Crippen molar-refractivity contribution in [2.45, 2.75) is 0 Å². The topological polar surface area (TPSA) is 140 Å². The third kappa shape index (κ3) is 7.59. The Morgan fingerprint density at radius 3 is 1.78 bits per heavy atom. The van der Waals surface area contributed by atoms with Gasteiger partial charge in [-0.1, -0.05) is 0 Å². The predicted octanol–water partition coefficient (Wildman–Crippen LogP) is -3.33. The van der Waals surface area contributed by atoms with E-state index in [1.807, 2.05) is 0 Å². The van der Waals surface area contributed by atoms with E-state index in [1.54, 1.807) is 25.3 Å². The van der Waals surface area contributed by atoms with Gasteiger partial charge in [0.1, 0.15) is 12.4 Å². The van der Waals surface area contributed by atoms with Gasteiger partial charge in [-0.05, 0) is 18.2 Å². The van der Waals surface area contributed by atoms with E-state index in [1.165, 1.54) is 0 Å². The quantitative estimate of drug-likeness (QED) is 0.180. The molecule has 1 aromatic carbocycles. The SMILES string of the molecule is COCCOCCOCCOc1cc(C(N)=[NH2+])cc(C(N)=[NH2+])c1. The molecule has 0 aliphatic rings. The largest absolute Gasteiger partial charge is 0.491 e. The van der Waals surface area contributed by atoms with Crippen LogP contribution in [-0.4, -0.2) is 58.4 Å². The molecule has 0 amide bonds. The highest BCUT2D eigenvalue weighted by Gasteiger charge is 2.11. The summed E-state index contributed by atoms with van der Waals surface area (Å²) in [5.41, 5.74) is 12.4. The van der Waals surface area contributed by atoms with Crippen molar-refractivity contribution in [1.29, 1.82) is 0 Å². The van der Waals surface area contributed by atoms with Crippen molar-refractivity contribution >= 4 is 11.7 Å². The zero-order valence-electron chi connectivity index (χ0n) is 13.4. The Balaban J connectivity index is 2.34. The first-order valence-corrected chi connectivity index (χ1v) is 7.23. The average molecular weight is 326 g/mol. The Morgan fingerprint density at radius 1 is 0.826 bits per heavy atom. The zero-order valence-corrected chi connectivity index (χ0v) is 13.4. The minimum atomic E-state index is 0.169. The van der Waals surface area contributed by atoms with Crippen molar-refractivity contribution in [3.05, 3.63) is 29.3 Å². The lowest BCUT2D eigenvalue weighted by Crippen LogP contribution is -2.47. The molecular weight excluding hydrogens is 300 g/mol. The molecule has 8 nitrogen and oxygen atoms in total. The maximum atomic E-state index is 5.60. The van der Waals surface area contributed by atoms with Crippen LogP contribution in [0.25, 0.3) is 0 Å². The van der Waals surface area contributed by atoms with Gasteiger partial charge in [-0.2, -0.15) is 0 Å². The molecule has 0 saturated heterocycles. The lowest BCUT2D eigenvalue weighted by atomic mass is 10.1. The number of nitrogens with two attached hydrogens (primary N) is 4. The molecule has 0 heterocycles. The lowest BCUT2D eigenvalue weighted by molar-refractivity contribution is -0.114. The molecule has 0 atom stereocenters. The molecule has 1 aromatic rings. The monoisotopic (exact) mass is 326 g/mol. The molecular formula is C15H26N4O4+2. The predicted molar refractivity (Wildman–Crippen MR) is 85.9 cm³/mol. The molecule has 0 fully saturated rings. The molecule has 0 aromatic heterocycles. The highest BCUT2D eigenvalue weighted by molar-refractivity contribution is 5.98. The van der Waals surface area contributed by atoms with Gasteiger partial charge in [-0.15, -0.1) is 0 Å². The molecule has 0 unspecified atom stereocenters. The molecule has 23 heavy (non-hydrogen) atoms. The van der Waals surface area contributed by atoms with Crippen LogP contribution < -0.4 is 27.0 Å². The summed E-state index contributed by atoms with van der Waals surface area (Å²) < 4.78 is 21.1. The Kier molecular flexibility index (Phi) is 8.66. The summed E-state index contributed by atoms with van der Waals surface area (Å²) in [5.74, 6) is 0.907. The average Bonchev–Trinajstić information content (AvgIpc) is 2.53. The third-order valence-corrected chi connectivity index (χ3v) is 2.87. The third-order valence-electron chi connectivity index (χ3n) is 2.87. The fourth-order valence-corrected chi connectivity index (χ4v) is 1.70. The van der Waals surface area contributed by atoms with Gasteiger partial charge >= 0.3 is 0 Å². The summed E-state index contributed by atoms with van der Waals surface area (Å²) in [4.78, 5) is 0. The van der Waals surface area contributed by atoms with E-state index >= 15 is 0 Å². The summed E-state index contributed by atoms with van der Waals surface area (Å²) in [6.07, 6.45) is 0. The molecule has 0 spiro atoms. The highest BCUT2D eigenvalue weighted by atomic mass is 16.6. The van der Waals surface area contributed by atoms with Gasteiger partial charge in [0.15, 0.2) is 0 Å². The van der Waals surface area contributed by atoms with Gasteiger partial charge in [0.25, 0.3) is 11.7 Å². The first-order valence-electron chi connectivity index (χ1n) is 7.23. The fraction of sp³-hybridized carbons (Fsp3) is 0.467. The summed E-state index contributed by atoms with van der Waals surface area (Å²) in [5, 5.41) is 11.2. The molecule has 0 aliphatic heterocycles. The zero-order chi connectivity index (χ0) is 17.1.